The third-order valence-corrected chi connectivity index (χ3v) is 10.3. The van der Waals surface area contributed by atoms with Crippen LogP contribution in [0.3, 0.4) is 0 Å². The molecule has 0 spiro atoms. The summed E-state index contributed by atoms with van der Waals surface area (Å²) in [5, 5.41) is 0. The Labute approximate surface area is 320 Å². The topological polar surface area (TPSA) is 119 Å². The summed E-state index contributed by atoms with van der Waals surface area (Å²) < 4.78 is 26.3. The van der Waals surface area contributed by atoms with Gasteiger partial charge in [0.05, 0.1) is 6.61 Å². The van der Waals surface area contributed by atoms with Crippen molar-refractivity contribution in [3.63, 3.8) is 0 Å². The molecule has 2 N–H and O–H groups in total. The van der Waals surface area contributed by atoms with Crippen LogP contribution in [0.5, 0.6) is 0 Å². The lowest BCUT2D eigenvalue weighted by molar-refractivity contribution is -0.161. The minimum atomic E-state index is -4.75. The molecule has 0 radical (unpaired) electrons. The smallest absolute Gasteiger partial charge is 0.462 e. The van der Waals surface area contributed by atoms with Gasteiger partial charge in [-0.05, 0) is 32.1 Å². The Kier molecular flexibility index (Phi) is 38.6. The molecule has 52 heavy (non-hydrogen) atoms. The van der Waals surface area contributed by atoms with E-state index < -0.39 is 32.5 Å². The summed E-state index contributed by atoms with van der Waals surface area (Å²) in [6.45, 7) is 3.68. The lowest BCUT2D eigenvalue weighted by Crippen LogP contribution is -2.29. The van der Waals surface area contributed by atoms with Gasteiger partial charge in [-0.2, -0.15) is 0 Å². The maximum atomic E-state index is 12.4. The first-order valence-electron chi connectivity index (χ1n) is 22.0. The zero-order valence-electron chi connectivity index (χ0n) is 34.0. The van der Waals surface area contributed by atoms with Gasteiger partial charge in [-0.1, -0.05) is 199 Å². The standard InChI is InChI=1S/C43H83O8P/c1-3-5-7-9-11-13-15-16-17-18-19-20-21-22-23-24-25-26-28-30-32-34-36-38-43(45)51-41(40-50-52(46,47)48)39-49-42(44)37-35-33-31-29-27-14-12-10-8-6-4-2/h30,32,41H,3-29,31,33-40H2,1-2H3,(H2,46,47,48)/b32-30+/t41-/m1/s1. The zero-order chi connectivity index (χ0) is 38.2. The molecular weight excluding hydrogens is 675 g/mol. The van der Waals surface area contributed by atoms with Crippen LogP contribution >= 0.6 is 7.82 Å². The summed E-state index contributed by atoms with van der Waals surface area (Å²) in [4.78, 5) is 42.8. The Morgan fingerprint density at radius 3 is 1.23 bits per heavy atom. The highest BCUT2D eigenvalue weighted by molar-refractivity contribution is 7.46. The molecule has 0 aromatic carbocycles. The van der Waals surface area contributed by atoms with E-state index in [1.165, 1.54) is 167 Å². The number of phosphoric ester groups is 1. The average molecular weight is 759 g/mol. The van der Waals surface area contributed by atoms with Gasteiger partial charge in [0.15, 0.2) is 6.10 Å². The van der Waals surface area contributed by atoms with Gasteiger partial charge >= 0.3 is 19.8 Å². The summed E-state index contributed by atoms with van der Waals surface area (Å²) in [5.74, 6) is -0.911. The second-order valence-electron chi connectivity index (χ2n) is 15.0. The van der Waals surface area contributed by atoms with Crippen molar-refractivity contribution in [2.24, 2.45) is 0 Å². The number of carbonyl (C=O) groups is 2. The molecule has 308 valence electrons. The van der Waals surface area contributed by atoms with Crippen LogP contribution < -0.4 is 0 Å². The van der Waals surface area contributed by atoms with Crippen molar-refractivity contribution in [2.75, 3.05) is 13.2 Å². The SMILES string of the molecule is CCCCCCCCCCCCCCCCCCCC/C=C/CCCC(=O)O[C@H](COC(=O)CCCCCCCCCCCCC)COP(=O)(O)O. The summed E-state index contributed by atoms with van der Waals surface area (Å²) in [5.41, 5.74) is 0. The van der Waals surface area contributed by atoms with Gasteiger partial charge in [-0.3, -0.25) is 14.1 Å². The van der Waals surface area contributed by atoms with E-state index >= 15 is 0 Å². The van der Waals surface area contributed by atoms with E-state index in [2.05, 4.69) is 30.5 Å². The average Bonchev–Trinajstić information content (AvgIpc) is 3.11. The van der Waals surface area contributed by atoms with E-state index in [1.54, 1.807) is 0 Å². The maximum Gasteiger partial charge on any atom is 0.469 e. The molecule has 9 heteroatoms. The fourth-order valence-electron chi connectivity index (χ4n) is 6.50. The second-order valence-corrected chi connectivity index (χ2v) is 16.3. The quantitative estimate of drug-likeness (QED) is 0.0274. The molecule has 0 amide bonds. The largest absolute Gasteiger partial charge is 0.469 e. The van der Waals surface area contributed by atoms with Crippen LogP contribution in [0.15, 0.2) is 12.2 Å². The number of unbranched alkanes of at least 4 members (excludes halogenated alkanes) is 29. The minimum Gasteiger partial charge on any atom is -0.462 e. The molecule has 0 bridgehead atoms. The number of phosphoric acid groups is 1. The van der Waals surface area contributed by atoms with Crippen molar-refractivity contribution in [2.45, 2.75) is 238 Å². The molecule has 0 aliphatic heterocycles. The van der Waals surface area contributed by atoms with Gasteiger partial charge in [0.1, 0.15) is 6.61 Å². The highest BCUT2D eigenvalue weighted by atomic mass is 31.2. The first-order chi connectivity index (χ1) is 25.3. The zero-order valence-corrected chi connectivity index (χ0v) is 34.9. The van der Waals surface area contributed by atoms with E-state index in [0.717, 1.165) is 32.1 Å². The Morgan fingerprint density at radius 2 is 0.827 bits per heavy atom. The van der Waals surface area contributed by atoms with Crippen LogP contribution in [0.4, 0.5) is 0 Å². The molecular formula is C43H83O8P. The number of allylic oxidation sites excluding steroid dienone is 2. The summed E-state index contributed by atoms with van der Waals surface area (Å²) in [7, 11) is -4.75. The van der Waals surface area contributed by atoms with E-state index in [1.807, 2.05) is 0 Å². The maximum absolute atomic E-state index is 12.4. The van der Waals surface area contributed by atoms with E-state index in [-0.39, 0.29) is 19.4 Å². The molecule has 0 aromatic heterocycles. The van der Waals surface area contributed by atoms with Gasteiger partial charge in [0, 0.05) is 12.8 Å². The predicted molar refractivity (Wildman–Crippen MR) is 216 cm³/mol. The van der Waals surface area contributed by atoms with Crippen molar-refractivity contribution in [3.8, 4) is 0 Å². The first-order valence-corrected chi connectivity index (χ1v) is 23.5. The van der Waals surface area contributed by atoms with Crippen molar-refractivity contribution in [3.05, 3.63) is 12.2 Å². The van der Waals surface area contributed by atoms with Gasteiger partial charge in [0.25, 0.3) is 0 Å². The molecule has 0 saturated heterocycles. The fourth-order valence-corrected chi connectivity index (χ4v) is 6.86. The molecule has 8 nitrogen and oxygen atoms in total. The first kappa shape index (κ1) is 50.8. The second kappa shape index (κ2) is 39.5. The number of carbonyl (C=O) groups excluding carboxylic acids is 2. The van der Waals surface area contributed by atoms with Crippen LogP contribution in [0.1, 0.15) is 232 Å². The normalized spacial score (nSPS) is 12.5. The predicted octanol–water partition coefficient (Wildman–Crippen LogP) is 13.4. The molecule has 0 rings (SSSR count). The van der Waals surface area contributed by atoms with E-state index in [9.17, 15) is 14.2 Å². The monoisotopic (exact) mass is 759 g/mol. The molecule has 1 atom stereocenters. The number of esters is 2. The van der Waals surface area contributed by atoms with Crippen LogP contribution in [0.25, 0.3) is 0 Å². The minimum absolute atomic E-state index is 0.169. The fraction of sp³-hybridized carbons (Fsp3) is 0.907. The molecule has 0 aliphatic rings. The molecule has 0 fully saturated rings. The van der Waals surface area contributed by atoms with Crippen LogP contribution in [0.2, 0.25) is 0 Å². The Bertz CT molecular complexity index is 858. The van der Waals surface area contributed by atoms with Gasteiger partial charge in [-0.15, -0.1) is 0 Å². The number of ether oxygens (including phenoxy) is 2. The lowest BCUT2D eigenvalue weighted by atomic mass is 10.0. The van der Waals surface area contributed by atoms with Crippen LogP contribution in [0, 0.1) is 0 Å². The Hall–Kier alpha value is -1.21. The Balaban J connectivity index is 3.83. The van der Waals surface area contributed by atoms with Crippen molar-refractivity contribution in [1.82, 2.24) is 0 Å². The summed E-state index contributed by atoms with van der Waals surface area (Å²) in [6, 6.07) is 0. The molecule has 0 unspecified atom stereocenters. The van der Waals surface area contributed by atoms with Crippen LogP contribution in [-0.4, -0.2) is 41.0 Å². The van der Waals surface area contributed by atoms with E-state index in [4.69, 9.17) is 19.3 Å². The van der Waals surface area contributed by atoms with Crippen molar-refractivity contribution < 1.29 is 37.9 Å². The summed E-state index contributed by atoms with van der Waals surface area (Å²) >= 11 is 0. The van der Waals surface area contributed by atoms with Crippen molar-refractivity contribution in [1.29, 1.82) is 0 Å². The third-order valence-electron chi connectivity index (χ3n) is 9.78. The number of rotatable bonds is 41. The number of hydrogen-bond donors (Lipinski definition) is 2. The highest BCUT2D eigenvalue weighted by Gasteiger charge is 2.22. The number of hydrogen-bond acceptors (Lipinski definition) is 6. The van der Waals surface area contributed by atoms with E-state index in [0.29, 0.717) is 6.42 Å². The van der Waals surface area contributed by atoms with Gasteiger partial charge < -0.3 is 19.3 Å². The Morgan fingerprint density at radius 1 is 0.481 bits per heavy atom. The van der Waals surface area contributed by atoms with Gasteiger partial charge in [-0.25, -0.2) is 4.57 Å². The molecule has 0 aromatic rings. The highest BCUT2D eigenvalue weighted by Crippen LogP contribution is 2.36. The lowest BCUT2D eigenvalue weighted by Gasteiger charge is -2.18. The van der Waals surface area contributed by atoms with Crippen molar-refractivity contribution >= 4 is 19.8 Å². The third kappa shape index (κ3) is 41.5. The van der Waals surface area contributed by atoms with Crippen LogP contribution in [-0.2, 0) is 28.2 Å². The molecule has 0 saturated carbocycles. The summed E-state index contributed by atoms with van der Waals surface area (Å²) in [6.07, 6.45) is 43.9. The molecule has 0 aliphatic carbocycles. The molecule has 0 heterocycles. The van der Waals surface area contributed by atoms with Gasteiger partial charge in [0.2, 0.25) is 0 Å².